The molecule has 0 saturated carbocycles. The molecule has 1 aromatic carbocycles. The highest BCUT2D eigenvalue weighted by molar-refractivity contribution is 6.33. The van der Waals surface area contributed by atoms with Crippen LogP contribution in [0.2, 0.25) is 0 Å². The van der Waals surface area contributed by atoms with E-state index in [2.05, 4.69) is 10.3 Å². The fraction of sp³-hybridized carbons (Fsp3) is 0.250. The predicted molar refractivity (Wildman–Crippen MR) is 85.5 cm³/mol. The summed E-state index contributed by atoms with van der Waals surface area (Å²) in [6, 6.07) is 8.73. The lowest BCUT2D eigenvalue weighted by atomic mass is 9.90. The van der Waals surface area contributed by atoms with Crippen molar-refractivity contribution in [3.05, 3.63) is 53.3 Å². The molecule has 0 saturated heterocycles. The third kappa shape index (κ3) is 3.53. The van der Waals surface area contributed by atoms with Gasteiger partial charge in [-0.3, -0.25) is 9.78 Å². The number of amides is 1. The first kappa shape index (κ1) is 16.2. The van der Waals surface area contributed by atoms with Gasteiger partial charge >= 0.3 is 0 Å². The van der Waals surface area contributed by atoms with Crippen molar-refractivity contribution in [3.8, 4) is 0 Å². The van der Waals surface area contributed by atoms with Crippen LogP contribution in [0, 0.1) is 6.92 Å². The number of nitrogens with zero attached hydrogens (tertiary/aromatic N) is 1. The van der Waals surface area contributed by atoms with E-state index < -0.39 is 6.29 Å². The summed E-state index contributed by atoms with van der Waals surface area (Å²) in [5, 5.41) is 2.80. The molecule has 1 aromatic heterocycles. The maximum absolute atomic E-state index is 12.2. The summed E-state index contributed by atoms with van der Waals surface area (Å²) >= 11 is 0. The SMILES string of the molecule is [B]c1cccc(NC(=O)c2ccc(C(OC)OC)cn2)c1C. The van der Waals surface area contributed by atoms with Crippen LogP contribution in [0.25, 0.3) is 0 Å². The fourth-order valence-electron chi connectivity index (χ4n) is 2.02. The second-order valence-corrected chi connectivity index (χ2v) is 4.75. The molecule has 0 aliphatic heterocycles. The molecular formula is C16H17BN2O3. The molecule has 112 valence electrons. The van der Waals surface area contributed by atoms with Gasteiger partial charge in [0, 0.05) is 31.7 Å². The van der Waals surface area contributed by atoms with Gasteiger partial charge in [-0.25, -0.2) is 0 Å². The van der Waals surface area contributed by atoms with Crippen molar-refractivity contribution < 1.29 is 14.3 Å². The van der Waals surface area contributed by atoms with Gasteiger partial charge in [-0.1, -0.05) is 23.7 Å². The number of hydrogen-bond acceptors (Lipinski definition) is 4. The lowest BCUT2D eigenvalue weighted by molar-refractivity contribution is -0.106. The molecule has 2 aromatic rings. The Morgan fingerprint density at radius 1 is 1.23 bits per heavy atom. The number of methoxy groups -OCH3 is 2. The minimum Gasteiger partial charge on any atom is -0.352 e. The Balaban J connectivity index is 2.15. The maximum Gasteiger partial charge on any atom is 0.274 e. The van der Waals surface area contributed by atoms with Crippen molar-refractivity contribution in [2.24, 2.45) is 0 Å². The van der Waals surface area contributed by atoms with E-state index in [1.165, 1.54) is 14.2 Å². The number of carbonyl (C=O) groups excluding carboxylic acids is 1. The molecule has 0 spiro atoms. The van der Waals surface area contributed by atoms with Crippen molar-refractivity contribution in [3.63, 3.8) is 0 Å². The number of carbonyl (C=O) groups is 1. The lowest BCUT2D eigenvalue weighted by Gasteiger charge is -2.14. The number of hydrogen-bond donors (Lipinski definition) is 1. The molecule has 0 atom stereocenters. The third-order valence-electron chi connectivity index (χ3n) is 3.34. The van der Waals surface area contributed by atoms with Gasteiger partial charge < -0.3 is 14.8 Å². The van der Waals surface area contributed by atoms with Crippen LogP contribution in [0.1, 0.15) is 27.9 Å². The van der Waals surface area contributed by atoms with Crippen molar-refractivity contribution >= 4 is 24.9 Å². The Morgan fingerprint density at radius 3 is 2.55 bits per heavy atom. The molecule has 0 aliphatic rings. The van der Waals surface area contributed by atoms with Crippen molar-refractivity contribution in [2.75, 3.05) is 19.5 Å². The van der Waals surface area contributed by atoms with Crippen LogP contribution in [0.3, 0.4) is 0 Å². The quantitative estimate of drug-likeness (QED) is 0.674. The average Bonchev–Trinajstić information content (AvgIpc) is 2.53. The Bertz CT molecular complexity index is 655. The standard InChI is InChI=1S/C16H17BN2O3/c1-10-12(17)5-4-6-13(10)19-15(20)14-8-7-11(9-18-14)16(21-2)22-3/h4-9,16H,1-3H3,(H,19,20). The molecule has 0 aliphatic carbocycles. The van der Waals surface area contributed by atoms with E-state index in [9.17, 15) is 4.79 Å². The van der Waals surface area contributed by atoms with E-state index in [0.29, 0.717) is 16.8 Å². The van der Waals surface area contributed by atoms with Gasteiger partial charge in [0.1, 0.15) is 13.5 Å². The number of ether oxygens (including phenoxy) is 2. The van der Waals surface area contributed by atoms with E-state index in [0.717, 1.165) is 11.1 Å². The summed E-state index contributed by atoms with van der Waals surface area (Å²) < 4.78 is 10.3. The largest absolute Gasteiger partial charge is 0.352 e. The van der Waals surface area contributed by atoms with Gasteiger partial charge in [-0.2, -0.15) is 0 Å². The van der Waals surface area contributed by atoms with Gasteiger partial charge in [-0.15, -0.1) is 0 Å². The van der Waals surface area contributed by atoms with Crippen LogP contribution in [0.4, 0.5) is 5.69 Å². The molecule has 22 heavy (non-hydrogen) atoms. The van der Waals surface area contributed by atoms with Crippen LogP contribution in [-0.4, -0.2) is 33.0 Å². The number of rotatable bonds is 5. The molecule has 1 N–H and O–H groups in total. The van der Waals surface area contributed by atoms with Gasteiger partial charge in [0.15, 0.2) is 6.29 Å². The first-order valence-corrected chi connectivity index (χ1v) is 6.74. The number of anilines is 1. The van der Waals surface area contributed by atoms with Crippen LogP contribution in [-0.2, 0) is 9.47 Å². The first-order chi connectivity index (χ1) is 10.6. The molecule has 1 amide bonds. The average molecular weight is 296 g/mol. The molecule has 1 heterocycles. The monoisotopic (exact) mass is 296 g/mol. The molecule has 6 heteroatoms. The lowest BCUT2D eigenvalue weighted by Crippen LogP contribution is -2.18. The predicted octanol–water partition coefficient (Wildman–Crippen LogP) is 1.73. The first-order valence-electron chi connectivity index (χ1n) is 6.74. The summed E-state index contributed by atoms with van der Waals surface area (Å²) in [7, 11) is 8.90. The van der Waals surface area contributed by atoms with Crippen molar-refractivity contribution in [2.45, 2.75) is 13.2 Å². The number of benzene rings is 1. The summed E-state index contributed by atoms with van der Waals surface area (Å²) in [4.78, 5) is 16.4. The van der Waals surface area contributed by atoms with E-state index in [4.69, 9.17) is 17.3 Å². The number of aromatic nitrogens is 1. The molecule has 5 nitrogen and oxygen atoms in total. The normalized spacial score (nSPS) is 10.7. The van der Waals surface area contributed by atoms with Crippen molar-refractivity contribution in [1.29, 1.82) is 0 Å². The zero-order valence-corrected chi connectivity index (χ0v) is 12.8. The second kappa shape index (κ2) is 7.20. The molecule has 2 radical (unpaired) electrons. The minimum atomic E-state index is -0.499. The van der Waals surface area contributed by atoms with E-state index in [-0.39, 0.29) is 5.91 Å². The van der Waals surface area contributed by atoms with Gasteiger partial charge in [0.05, 0.1) is 0 Å². The van der Waals surface area contributed by atoms with Crippen LogP contribution < -0.4 is 10.8 Å². The second-order valence-electron chi connectivity index (χ2n) is 4.75. The van der Waals surface area contributed by atoms with Gasteiger partial charge in [0.2, 0.25) is 0 Å². The Labute approximate surface area is 131 Å². The van der Waals surface area contributed by atoms with Crippen LogP contribution in [0.5, 0.6) is 0 Å². The summed E-state index contributed by atoms with van der Waals surface area (Å²) in [5.41, 5.74) is 3.16. The highest BCUT2D eigenvalue weighted by Gasteiger charge is 2.13. The number of pyridine rings is 1. The molecular weight excluding hydrogens is 279 g/mol. The van der Waals surface area contributed by atoms with Crippen LogP contribution in [0.15, 0.2) is 36.5 Å². The molecule has 2 rings (SSSR count). The highest BCUT2D eigenvalue weighted by atomic mass is 16.7. The molecule has 0 fully saturated rings. The summed E-state index contributed by atoms with van der Waals surface area (Å²) in [5.74, 6) is -0.299. The minimum absolute atomic E-state index is 0.299. The Hall–Kier alpha value is -2.18. The maximum atomic E-state index is 12.2. The zero-order valence-electron chi connectivity index (χ0n) is 12.8. The van der Waals surface area contributed by atoms with Crippen molar-refractivity contribution in [1.82, 2.24) is 4.98 Å². The number of nitrogens with one attached hydrogen (secondary N) is 1. The molecule has 0 bridgehead atoms. The van der Waals surface area contributed by atoms with Crippen LogP contribution >= 0.6 is 0 Å². The highest BCUT2D eigenvalue weighted by Crippen LogP contribution is 2.17. The fourth-order valence-corrected chi connectivity index (χ4v) is 2.02. The summed E-state index contributed by atoms with van der Waals surface area (Å²) in [6.45, 7) is 1.85. The third-order valence-corrected chi connectivity index (χ3v) is 3.34. The zero-order chi connectivity index (χ0) is 16.1. The van der Waals surface area contributed by atoms with Gasteiger partial charge in [0.25, 0.3) is 5.91 Å². The molecule has 0 unspecified atom stereocenters. The Kier molecular flexibility index (Phi) is 5.30. The van der Waals surface area contributed by atoms with Gasteiger partial charge in [-0.05, 0) is 24.6 Å². The Morgan fingerprint density at radius 2 is 1.95 bits per heavy atom. The summed E-state index contributed by atoms with van der Waals surface area (Å²) in [6.07, 6.45) is 1.06. The van der Waals surface area contributed by atoms with E-state index in [1.54, 1.807) is 36.5 Å². The van der Waals surface area contributed by atoms with E-state index in [1.807, 2.05) is 6.92 Å². The van der Waals surface area contributed by atoms with E-state index >= 15 is 0 Å². The smallest absolute Gasteiger partial charge is 0.274 e. The topological polar surface area (TPSA) is 60.5 Å².